The Balaban J connectivity index is 5.05. The first-order valence-electron chi connectivity index (χ1n) is 4.92. The van der Waals surface area contributed by atoms with E-state index in [9.17, 15) is 0 Å². The van der Waals surface area contributed by atoms with Crippen LogP contribution in [0.15, 0.2) is 4.41 Å². The van der Waals surface area contributed by atoms with E-state index in [1.54, 1.807) is 0 Å². The molecule has 0 aliphatic rings. The highest BCUT2D eigenvalue weighted by Gasteiger charge is 2.25. The van der Waals surface area contributed by atoms with Crippen molar-refractivity contribution in [1.29, 1.82) is 0 Å². The van der Waals surface area contributed by atoms with Crippen molar-refractivity contribution in [2.45, 2.75) is 33.5 Å². The molecule has 0 saturated carbocycles. The van der Waals surface area contributed by atoms with Gasteiger partial charge in [0.2, 0.25) is 0 Å². The zero-order valence-electron chi connectivity index (χ0n) is 9.72. The Bertz CT molecular complexity index is 224. The molecule has 0 aliphatic heterocycles. The van der Waals surface area contributed by atoms with E-state index in [0.717, 1.165) is 13.1 Å². The van der Waals surface area contributed by atoms with Crippen molar-refractivity contribution >= 4 is 37.6 Å². The van der Waals surface area contributed by atoms with Gasteiger partial charge < -0.3 is 4.41 Å². The molecule has 6 heteroatoms. The number of nitrogens with zero attached hydrogens (tertiary/aromatic N) is 2. The van der Waals surface area contributed by atoms with Crippen molar-refractivity contribution in [3.8, 4) is 0 Å². The van der Waals surface area contributed by atoms with Gasteiger partial charge in [0.05, 0.1) is 5.62 Å². The van der Waals surface area contributed by atoms with Crippen LogP contribution in [-0.2, 0) is 0 Å². The maximum atomic E-state index is 6.55. The SMILES string of the molecule is CCN(CC)P(Cl)(CCl)=N[Si](C)(C)C. The first-order valence-corrected chi connectivity index (χ1v) is 11.7. The van der Waals surface area contributed by atoms with Crippen LogP contribution in [0.2, 0.25) is 19.6 Å². The predicted molar refractivity (Wildman–Crippen MR) is 72.2 cm³/mol. The lowest BCUT2D eigenvalue weighted by atomic mass is 10.7. The largest absolute Gasteiger partial charge is 0.311 e. The van der Waals surface area contributed by atoms with Gasteiger partial charge in [-0.25, -0.2) is 0 Å². The number of rotatable bonds is 5. The summed E-state index contributed by atoms with van der Waals surface area (Å²) in [6.07, 6.45) is 0. The molecule has 0 aromatic heterocycles. The Hall–Kier alpha value is 0.987. The zero-order valence-corrected chi connectivity index (χ0v) is 13.1. The Kier molecular flexibility index (Phi) is 6.32. The molecule has 0 N–H and O–H groups in total. The molecule has 0 aliphatic carbocycles. The lowest BCUT2D eigenvalue weighted by Crippen LogP contribution is -2.23. The lowest BCUT2D eigenvalue weighted by molar-refractivity contribution is 0.509. The van der Waals surface area contributed by atoms with Crippen LogP contribution in [0.4, 0.5) is 0 Å². The molecule has 14 heavy (non-hydrogen) atoms. The minimum absolute atomic E-state index is 0.459. The molecule has 0 fully saturated rings. The molecule has 1 unspecified atom stereocenters. The average Bonchev–Trinajstić information content (AvgIpc) is 2.03. The lowest BCUT2D eigenvalue weighted by Gasteiger charge is -2.31. The van der Waals surface area contributed by atoms with E-state index in [1.165, 1.54) is 0 Å². The van der Waals surface area contributed by atoms with Crippen LogP contribution in [0.25, 0.3) is 0 Å². The zero-order chi connectivity index (χ0) is 11.4. The van der Waals surface area contributed by atoms with Crippen molar-refractivity contribution in [1.82, 2.24) is 4.67 Å². The van der Waals surface area contributed by atoms with E-state index < -0.39 is 14.8 Å². The topological polar surface area (TPSA) is 15.6 Å². The minimum Gasteiger partial charge on any atom is -0.311 e. The summed E-state index contributed by atoms with van der Waals surface area (Å²) in [7, 11) is -1.49. The van der Waals surface area contributed by atoms with Crippen LogP contribution < -0.4 is 0 Å². The number of hydrogen-bond donors (Lipinski definition) is 0. The summed E-state index contributed by atoms with van der Waals surface area (Å²) in [4.78, 5) is 0. The Labute approximate surface area is 99.0 Å². The fourth-order valence-electron chi connectivity index (χ4n) is 1.28. The van der Waals surface area contributed by atoms with Gasteiger partial charge in [0.1, 0.15) is 6.56 Å². The highest BCUT2D eigenvalue weighted by Crippen LogP contribution is 2.59. The normalized spacial score (nSPS) is 16.9. The monoisotopic (exact) mass is 274 g/mol. The molecule has 1 atom stereocenters. The van der Waals surface area contributed by atoms with Crippen molar-refractivity contribution < 1.29 is 0 Å². The first-order chi connectivity index (χ1) is 6.29. The Morgan fingerprint density at radius 2 is 1.64 bits per heavy atom. The highest BCUT2D eigenvalue weighted by molar-refractivity contribution is 7.90. The second-order valence-corrected chi connectivity index (χ2v) is 13.7. The van der Waals surface area contributed by atoms with Crippen LogP contribution >= 0.6 is 29.4 Å². The molecule has 0 bridgehead atoms. The van der Waals surface area contributed by atoms with Gasteiger partial charge in [-0.2, -0.15) is 0 Å². The third-order valence-electron chi connectivity index (χ3n) is 1.77. The van der Waals surface area contributed by atoms with Crippen LogP contribution in [0.3, 0.4) is 0 Å². The molecule has 86 valence electrons. The van der Waals surface area contributed by atoms with Crippen molar-refractivity contribution in [3.05, 3.63) is 0 Å². The van der Waals surface area contributed by atoms with Gasteiger partial charge in [-0.15, -0.1) is 11.6 Å². The molecule has 0 radical (unpaired) electrons. The molecular formula is C8H21Cl2N2PSi. The van der Waals surface area contributed by atoms with Gasteiger partial charge in [0.15, 0.2) is 8.24 Å². The Morgan fingerprint density at radius 3 is 1.86 bits per heavy atom. The maximum Gasteiger partial charge on any atom is 0.173 e. The molecule has 0 spiro atoms. The molecule has 0 rings (SSSR count). The maximum absolute atomic E-state index is 6.55. The third kappa shape index (κ3) is 4.67. The molecule has 0 heterocycles. The smallest absolute Gasteiger partial charge is 0.173 e. The van der Waals surface area contributed by atoms with Crippen LogP contribution in [0.1, 0.15) is 13.8 Å². The molecular weight excluding hydrogens is 254 g/mol. The predicted octanol–water partition coefficient (Wildman–Crippen LogP) is 4.63. The second kappa shape index (κ2) is 5.91. The van der Waals surface area contributed by atoms with E-state index in [-0.39, 0.29) is 0 Å². The van der Waals surface area contributed by atoms with Crippen molar-refractivity contribution in [3.63, 3.8) is 0 Å². The number of hydrogen-bond acceptors (Lipinski definition) is 1. The molecule has 0 amide bonds. The van der Waals surface area contributed by atoms with Gasteiger partial charge >= 0.3 is 0 Å². The molecule has 0 saturated heterocycles. The van der Waals surface area contributed by atoms with Gasteiger partial charge in [0.25, 0.3) is 0 Å². The molecule has 2 nitrogen and oxygen atoms in total. The summed E-state index contributed by atoms with van der Waals surface area (Å²) in [6.45, 7) is 10.7. The fraction of sp³-hybridized carbons (Fsp3) is 1.00. The fourth-order valence-corrected chi connectivity index (χ4v) is 10.3. The highest BCUT2D eigenvalue weighted by atomic mass is 35.7. The molecule has 0 aromatic carbocycles. The van der Waals surface area contributed by atoms with Crippen LogP contribution in [-0.4, -0.2) is 31.6 Å². The van der Waals surface area contributed by atoms with E-state index >= 15 is 0 Å². The first kappa shape index (κ1) is 15.0. The summed E-state index contributed by atoms with van der Waals surface area (Å²) in [6, 6.07) is 0. The van der Waals surface area contributed by atoms with Gasteiger partial charge in [-0.1, -0.05) is 25.1 Å². The van der Waals surface area contributed by atoms with Crippen LogP contribution in [0.5, 0.6) is 0 Å². The second-order valence-electron chi connectivity index (χ2n) is 4.17. The van der Waals surface area contributed by atoms with Gasteiger partial charge in [0, 0.05) is 13.1 Å². The van der Waals surface area contributed by atoms with Gasteiger partial charge in [-0.3, -0.25) is 4.67 Å². The summed E-state index contributed by atoms with van der Waals surface area (Å²) in [5, 5.41) is 0. The van der Waals surface area contributed by atoms with Gasteiger partial charge in [-0.05, 0) is 19.6 Å². The number of alkyl halides is 1. The summed E-state index contributed by atoms with van der Waals surface area (Å²) < 4.78 is 7.02. The molecule has 0 aromatic rings. The van der Waals surface area contributed by atoms with E-state index in [1.807, 2.05) is 0 Å². The third-order valence-corrected chi connectivity index (χ3v) is 10.2. The average molecular weight is 275 g/mol. The number of halogens is 2. The minimum atomic E-state index is -1.92. The van der Waals surface area contributed by atoms with E-state index in [0.29, 0.717) is 5.62 Å². The standard InChI is InChI=1S/C8H21Cl2N2PSi/c1-6-12(7-2)13(10,8-9)11-14(3,4)5/h6-8H2,1-5H3. The summed E-state index contributed by atoms with van der Waals surface area (Å²) in [5.74, 6) is 0. The van der Waals surface area contributed by atoms with Crippen LogP contribution in [0, 0.1) is 0 Å². The summed E-state index contributed by atoms with van der Waals surface area (Å²) in [5.41, 5.74) is 0.459. The van der Waals surface area contributed by atoms with Crippen molar-refractivity contribution in [2.75, 3.05) is 18.7 Å². The van der Waals surface area contributed by atoms with Crippen molar-refractivity contribution in [2.24, 2.45) is 4.41 Å². The Morgan fingerprint density at radius 1 is 1.21 bits per heavy atom. The van der Waals surface area contributed by atoms with E-state index in [2.05, 4.69) is 38.2 Å². The summed E-state index contributed by atoms with van der Waals surface area (Å²) >= 11 is 12.5. The quantitative estimate of drug-likeness (QED) is 0.406. The van der Waals surface area contributed by atoms with E-state index in [4.69, 9.17) is 27.3 Å².